The van der Waals surface area contributed by atoms with Crippen molar-refractivity contribution in [3.8, 4) is 5.75 Å². The summed E-state index contributed by atoms with van der Waals surface area (Å²) in [6.45, 7) is 1.95. The zero-order chi connectivity index (χ0) is 18.7. The lowest BCUT2D eigenvalue weighted by Gasteiger charge is -2.15. The van der Waals surface area contributed by atoms with Crippen LogP contribution in [0.5, 0.6) is 5.75 Å². The first-order valence-corrected chi connectivity index (χ1v) is 7.72. The number of hydrogen-bond donors (Lipinski definition) is 3. The van der Waals surface area contributed by atoms with Gasteiger partial charge in [0.1, 0.15) is 17.8 Å². The van der Waals surface area contributed by atoms with E-state index >= 15 is 0 Å². The fourth-order valence-electron chi connectivity index (χ4n) is 2.35. The standard InChI is InChI=1S/C18H17F2N5O/c1-10-3-6-15(26-2)14(7-10)25-18-16(21)17(22-9-23-18)24-11-4-5-12(19)13(20)8-11/h3-9H,21H2,1-2H3,(H2,22,23,24,25). The number of anilines is 5. The molecule has 0 fully saturated rings. The summed E-state index contributed by atoms with van der Waals surface area (Å²) in [6.07, 6.45) is 1.31. The number of ether oxygens (including phenoxy) is 1. The minimum atomic E-state index is -0.967. The van der Waals surface area contributed by atoms with Gasteiger partial charge in [-0.15, -0.1) is 0 Å². The lowest BCUT2D eigenvalue weighted by molar-refractivity contribution is 0.416. The molecule has 3 aromatic rings. The van der Waals surface area contributed by atoms with E-state index in [0.29, 0.717) is 22.9 Å². The highest BCUT2D eigenvalue weighted by molar-refractivity contribution is 5.81. The number of halogens is 2. The molecule has 8 heteroatoms. The molecule has 4 N–H and O–H groups in total. The molecule has 2 aromatic carbocycles. The molecule has 26 heavy (non-hydrogen) atoms. The summed E-state index contributed by atoms with van der Waals surface area (Å²) in [4.78, 5) is 8.19. The van der Waals surface area contributed by atoms with Gasteiger partial charge in [-0.3, -0.25) is 0 Å². The molecule has 0 bridgehead atoms. The Morgan fingerprint density at radius 3 is 2.38 bits per heavy atom. The smallest absolute Gasteiger partial charge is 0.160 e. The van der Waals surface area contributed by atoms with Crippen molar-refractivity contribution in [1.82, 2.24) is 9.97 Å². The van der Waals surface area contributed by atoms with Gasteiger partial charge < -0.3 is 21.1 Å². The molecule has 0 aliphatic carbocycles. The van der Waals surface area contributed by atoms with Crippen molar-refractivity contribution >= 4 is 28.7 Å². The van der Waals surface area contributed by atoms with Gasteiger partial charge in [-0.1, -0.05) is 6.07 Å². The van der Waals surface area contributed by atoms with Crippen LogP contribution in [0.1, 0.15) is 5.56 Å². The Kier molecular flexibility index (Phi) is 4.83. The van der Waals surface area contributed by atoms with Gasteiger partial charge in [0, 0.05) is 11.8 Å². The molecule has 6 nitrogen and oxygen atoms in total. The number of aryl methyl sites for hydroxylation is 1. The van der Waals surface area contributed by atoms with E-state index < -0.39 is 11.6 Å². The number of rotatable bonds is 5. The van der Waals surface area contributed by atoms with Gasteiger partial charge in [0.15, 0.2) is 23.3 Å². The fourth-order valence-corrected chi connectivity index (χ4v) is 2.35. The molecule has 0 unspecified atom stereocenters. The molecule has 0 spiro atoms. The van der Waals surface area contributed by atoms with Gasteiger partial charge in [-0.25, -0.2) is 18.7 Å². The van der Waals surface area contributed by atoms with E-state index in [1.807, 2.05) is 25.1 Å². The van der Waals surface area contributed by atoms with Crippen molar-refractivity contribution in [3.63, 3.8) is 0 Å². The molecule has 0 atom stereocenters. The van der Waals surface area contributed by atoms with Crippen LogP contribution in [0.2, 0.25) is 0 Å². The molecule has 0 radical (unpaired) electrons. The monoisotopic (exact) mass is 357 g/mol. The highest BCUT2D eigenvalue weighted by atomic mass is 19.2. The molecular weight excluding hydrogens is 340 g/mol. The predicted octanol–water partition coefficient (Wildman–Crippen LogP) is 4.14. The van der Waals surface area contributed by atoms with Crippen LogP contribution in [0.15, 0.2) is 42.7 Å². The molecule has 0 saturated heterocycles. The van der Waals surface area contributed by atoms with Gasteiger partial charge in [0.05, 0.1) is 12.8 Å². The number of benzene rings is 2. The summed E-state index contributed by atoms with van der Waals surface area (Å²) in [5.41, 5.74) is 8.37. The zero-order valence-electron chi connectivity index (χ0n) is 14.2. The summed E-state index contributed by atoms with van der Waals surface area (Å²) < 4.78 is 31.7. The highest BCUT2D eigenvalue weighted by Crippen LogP contribution is 2.32. The van der Waals surface area contributed by atoms with Crippen LogP contribution in [-0.4, -0.2) is 17.1 Å². The Hall–Kier alpha value is -3.42. The quantitative estimate of drug-likeness (QED) is 0.636. The Labute approximate surface area is 149 Å². The third kappa shape index (κ3) is 3.64. The maximum absolute atomic E-state index is 13.4. The Morgan fingerprint density at radius 1 is 0.962 bits per heavy atom. The predicted molar refractivity (Wildman–Crippen MR) is 97.1 cm³/mol. The third-order valence-electron chi connectivity index (χ3n) is 3.67. The maximum Gasteiger partial charge on any atom is 0.160 e. The summed E-state index contributed by atoms with van der Waals surface area (Å²) in [5.74, 6) is -0.650. The lowest BCUT2D eigenvalue weighted by Crippen LogP contribution is -2.06. The average molecular weight is 357 g/mol. The summed E-state index contributed by atoms with van der Waals surface area (Å²) in [7, 11) is 1.56. The van der Waals surface area contributed by atoms with Crippen LogP contribution in [0, 0.1) is 18.6 Å². The van der Waals surface area contributed by atoms with Crippen molar-refractivity contribution < 1.29 is 13.5 Å². The number of methoxy groups -OCH3 is 1. The number of hydrogen-bond acceptors (Lipinski definition) is 6. The number of nitrogen functional groups attached to an aromatic ring is 1. The van der Waals surface area contributed by atoms with Crippen molar-refractivity contribution in [2.24, 2.45) is 0 Å². The molecule has 0 amide bonds. The first kappa shape index (κ1) is 17.4. The molecule has 0 aliphatic rings. The fraction of sp³-hybridized carbons (Fsp3) is 0.111. The van der Waals surface area contributed by atoms with Crippen molar-refractivity contribution in [3.05, 3.63) is 59.9 Å². The van der Waals surface area contributed by atoms with Crippen molar-refractivity contribution in [1.29, 1.82) is 0 Å². The molecular formula is C18H17F2N5O. The van der Waals surface area contributed by atoms with Crippen LogP contribution in [0.25, 0.3) is 0 Å². The zero-order valence-corrected chi connectivity index (χ0v) is 14.2. The van der Waals surface area contributed by atoms with Crippen LogP contribution < -0.4 is 21.1 Å². The lowest BCUT2D eigenvalue weighted by atomic mass is 10.2. The normalized spacial score (nSPS) is 10.5. The van der Waals surface area contributed by atoms with E-state index in [1.165, 1.54) is 12.4 Å². The van der Waals surface area contributed by atoms with E-state index in [2.05, 4.69) is 20.6 Å². The first-order chi connectivity index (χ1) is 12.5. The topological polar surface area (TPSA) is 85.1 Å². The van der Waals surface area contributed by atoms with Gasteiger partial charge in [-0.2, -0.15) is 0 Å². The van der Waals surface area contributed by atoms with E-state index in [-0.39, 0.29) is 11.5 Å². The van der Waals surface area contributed by atoms with E-state index in [9.17, 15) is 8.78 Å². The Balaban J connectivity index is 1.90. The Morgan fingerprint density at radius 2 is 1.69 bits per heavy atom. The molecule has 0 aliphatic heterocycles. The number of aromatic nitrogens is 2. The second kappa shape index (κ2) is 7.22. The van der Waals surface area contributed by atoms with E-state index in [4.69, 9.17) is 10.5 Å². The minimum Gasteiger partial charge on any atom is -0.495 e. The van der Waals surface area contributed by atoms with Gasteiger partial charge in [0.25, 0.3) is 0 Å². The van der Waals surface area contributed by atoms with Crippen LogP contribution in [0.3, 0.4) is 0 Å². The summed E-state index contributed by atoms with van der Waals surface area (Å²) >= 11 is 0. The molecule has 1 aromatic heterocycles. The molecule has 134 valence electrons. The average Bonchev–Trinajstić information content (AvgIpc) is 2.62. The van der Waals surface area contributed by atoms with Crippen molar-refractivity contribution in [2.45, 2.75) is 6.92 Å². The summed E-state index contributed by atoms with van der Waals surface area (Å²) in [5, 5.41) is 5.96. The van der Waals surface area contributed by atoms with Crippen LogP contribution in [0.4, 0.5) is 37.5 Å². The van der Waals surface area contributed by atoms with Gasteiger partial charge in [-0.05, 0) is 36.8 Å². The number of nitrogens with zero attached hydrogens (tertiary/aromatic N) is 2. The second-order valence-electron chi connectivity index (χ2n) is 5.57. The maximum atomic E-state index is 13.4. The summed E-state index contributed by atoms with van der Waals surface area (Å²) in [6, 6.07) is 9.07. The number of nitrogens with two attached hydrogens (primary N) is 1. The second-order valence-corrected chi connectivity index (χ2v) is 5.57. The van der Waals surface area contributed by atoms with E-state index in [0.717, 1.165) is 17.7 Å². The minimum absolute atomic E-state index is 0.223. The SMILES string of the molecule is COc1ccc(C)cc1Nc1ncnc(Nc2ccc(F)c(F)c2)c1N. The molecule has 3 rings (SSSR count). The van der Waals surface area contributed by atoms with Crippen LogP contribution in [-0.2, 0) is 0 Å². The van der Waals surface area contributed by atoms with Gasteiger partial charge >= 0.3 is 0 Å². The van der Waals surface area contributed by atoms with Crippen molar-refractivity contribution in [2.75, 3.05) is 23.5 Å². The molecule has 1 heterocycles. The van der Waals surface area contributed by atoms with Crippen LogP contribution >= 0.6 is 0 Å². The third-order valence-corrected chi connectivity index (χ3v) is 3.67. The Bertz CT molecular complexity index is 949. The molecule has 0 saturated carbocycles. The largest absolute Gasteiger partial charge is 0.495 e. The highest BCUT2D eigenvalue weighted by Gasteiger charge is 2.12. The van der Waals surface area contributed by atoms with Gasteiger partial charge in [0.2, 0.25) is 0 Å². The first-order valence-electron chi connectivity index (χ1n) is 7.72. The van der Waals surface area contributed by atoms with E-state index in [1.54, 1.807) is 7.11 Å². The number of nitrogens with one attached hydrogen (secondary N) is 2.